The van der Waals surface area contributed by atoms with Gasteiger partial charge < -0.3 is 9.97 Å². The highest BCUT2D eigenvalue weighted by Crippen LogP contribution is 2.48. The van der Waals surface area contributed by atoms with Gasteiger partial charge in [-0.25, -0.2) is 29.9 Å². The van der Waals surface area contributed by atoms with Crippen LogP contribution in [0.2, 0.25) is 0 Å². The SMILES string of the molecule is CC(C)=CCCSC1=C(SCCC=C(C)C)c2nc1nc1nc(nc3[nH]c(nc4[nH]c(n2)c(SCCC=C(C)C)c4SCCC=C(C)C)c(SCCC=C(C)C)c3SCCC=C(C)C)C(SCCC=C(C)C)=C1SCCC=C(C)C. The molecule has 3 aromatic heterocycles. The molecule has 3 aromatic rings. The van der Waals surface area contributed by atoms with Crippen molar-refractivity contribution in [2.75, 3.05) is 46.0 Å². The lowest BCUT2D eigenvalue weighted by molar-refractivity contribution is 1.06. The molecular formula is C64H90N8S8. The van der Waals surface area contributed by atoms with Gasteiger partial charge in [0.15, 0.2) is 23.3 Å². The summed E-state index contributed by atoms with van der Waals surface area (Å²) in [4.78, 5) is 50.3. The molecule has 0 saturated heterocycles. The van der Waals surface area contributed by atoms with E-state index in [2.05, 4.69) is 169 Å². The van der Waals surface area contributed by atoms with Crippen LogP contribution in [0.1, 0.15) is 185 Å². The first-order valence-electron chi connectivity index (χ1n) is 28.2. The Morgan fingerprint density at radius 1 is 0.250 bits per heavy atom. The Kier molecular flexibility index (Phi) is 30.5. The minimum absolute atomic E-state index is 0.664. The molecule has 0 unspecified atom stereocenters. The van der Waals surface area contributed by atoms with Crippen LogP contribution in [-0.2, 0) is 0 Å². The minimum atomic E-state index is 0.664. The summed E-state index contributed by atoms with van der Waals surface area (Å²) in [6.45, 7) is 34.9. The molecule has 0 amide bonds. The number of aromatic nitrogens is 8. The topological polar surface area (TPSA) is 109 Å². The van der Waals surface area contributed by atoms with Crippen LogP contribution in [-0.4, -0.2) is 85.9 Å². The summed E-state index contributed by atoms with van der Waals surface area (Å²) in [5.74, 6) is 9.81. The lowest BCUT2D eigenvalue weighted by Gasteiger charge is -2.08. The van der Waals surface area contributed by atoms with E-state index < -0.39 is 0 Å². The second-order valence-electron chi connectivity index (χ2n) is 21.6. The van der Waals surface area contributed by atoms with E-state index in [1.165, 1.54) is 44.6 Å². The summed E-state index contributed by atoms with van der Waals surface area (Å²) in [7, 11) is 0. The van der Waals surface area contributed by atoms with Gasteiger partial charge in [-0.3, -0.25) is 0 Å². The molecule has 0 fully saturated rings. The Labute approximate surface area is 516 Å². The lowest BCUT2D eigenvalue weighted by Crippen LogP contribution is -1.93. The standard InChI is InChI=1S/C64H90N8S8/c1-41(2)25-17-33-73-49-50(74-34-18-26-42(3)4)58-65-57(49)69-59-51(75-35-19-27-43(5)6)52(76-36-20-28-44(7)8)61(66-59)71-63-55(79-39-23-31-47(13)14)56(80-40-24-32-48(15)16)64(68-63)72-62-54(78-38-22-30-46(11)12)53(60(67-62)70-58)77-37-21-29-45(9)10/h25-32H,17-24,33-40H2,1-16H3,(H2,65,66,67,68,69,70,71,72). The average Bonchev–Trinajstić information content (AvgIpc) is 4.08. The van der Waals surface area contributed by atoms with Gasteiger partial charge in [0.2, 0.25) is 0 Å². The molecule has 2 aliphatic heterocycles. The molecule has 80 heavy (non-hydrogen) atoms. The van der Waals surface area contributed by atoms with Crippen LogP contribution in [0.5, 0.6) is 0 Å². The van der Waals surface area contributed by atoms with Gasteiger partial charge in [0, 0.05) is 46.0 Å². The number of thioether (sulfide) groups is 8. The second-order valence-corrected chi connectivity index (χ2v) is 30.4. The zero-order valence-electron chi connectivity index (χ0n) is 50.9. The number of hydrogen-bond donors (Lipinski definition) is 2. The van der Waals surface area contributed by atoms with E-state index in [0.29, 0.717) is 23.3 Å². The van der Waals surface area contributed by atoms with E-state index in [9.17, 15) is 0 Å². The van der Waals surface area contributed by atoms with Gasteiger partial charge in [-0.15, -0.1) is 94.1 Å². The second kappa shape index (κ2) is 36.0. The van der Waals surface area contributed by atoms with Crippen molar-refractivity contribution >= 4 is 136 Å². The van der Waals surface area contributed by atoms with Crippen LogP contribution in [0.25, 0.3) is 42.2 Å². The average molecular weight is 1230 g/mol. The molecule has 2 aliphatic rings. The molecule has 5 heterocycles. The van der Waals surface area contributed by atoms with Crippen LogP contribution in [0.15, 0.2) is 113 Å². The first kappa shape index (κ1) is 67.8. The Morgan fingerprint density at radius 2 is 0.425 bits per heavy atom. The zero-order chi connectivity index (χ0) is 58.1. The van der Waals surface area contributed by atoms with Crippen LogP contribution >= 0.6 is 94.1 Å². The summed E-state index contributed by atoms with van der Waals surface area (Å²) in [5, 5.41) is 0. The van der Waals surface area contributed by atoms with Gasteiger partial charge in [0.25, 0.3) is 0 Å². The van der Waals surface area contributed by atoms with Crippen molar-refractivity contribution in [3.05, 3.63) is 116 Å². The third-order valence-corrected chi connectivity index (χ3v) is 21.1. The fraction of sp³-hybridized carbons (Fsp3) is 0.500. The predicted octanol–water partition coefficient (Wildman–Crippen LogP) is 21.7. The van der Waals surface area contributed by atoms with Crippen molar-refractivity contribution in [1.29, 1.82) is 0 Å². The fourth-order valence-electron chi connectivity index (χ4n) is 7.86. The van der Waals surface area contributed by atoms with Crippen molar-refractivity contribution in [3.8, 4) is 0 Å². The number of allylic oxidation sites excluding steroid dienone is 16. The Bertz CT molecular complexity index is 2850. The third-order valence-electron chi connectivity index (χ3n) is 11.6. The molecule has 0 saturated carbocycles. The summed E-state index contributed by atoms with van der Waals surface area (Å²) >= 11 is 14.8. The molecule has 8 bridgehead atoms. The third kappa shape index (κ3) is 23.2. The fourth-order valence-corrected chi connectivity index (χ4v) is 16.4. The van der Waals surface area contributed by atoms with Gasteiger partial charge >= 0.3 is 0 Å². The molecule has 2 N–H and O–H groups in total. The number of aromatic amines is 2. The number of H-pyrrole nitrogens is 2. The van der Waals surface area contributed by atoms with Gasteiger partial charge in [-0.1, -0.05) is 93.2 Å². The number of nitrogens with one attached hydrogen (secondary N) is 2. The zero-order valence-corrected chi connectivity index (χ0v) is 57.4. The Morgan fingerprint density at radius 3 is 0.625 bits per heavy atom. The largest absolute Gasteiger partial charge is 0.323 e. The van der Waals surface area contributed by atoms with Crippen molar-refractivity contribution < 1.29 is 0 Å². The van der Waals surface area contributed by atoms with Crippen molar-refractivity contribution in [2.45, 2.75) is 182 Å². The molecule has 16 heteroatoms. The van der Waals surface area contributed by atoms with Crippen LogP contribution in [0.4, 0.5) is 0 Å². The van der Waals surface area contributed by atoms with E-state index in [-0.39, 0.29) is 0 Å². The maximum Gasteiger partial charge on any atom is 0.171 e. The highest BCUT2D eigenvalue weighted by Gasteiger charge is 2.29. The molecule has 0 radical (unpaired) electrons. The van der Waals surface area contributed by atoms with Gasteiger partial charge in [0.05, 0.1) is 39.2 Å². The van der Waals surface area contributed by atoms with Crippen molar-refractivity contribution in [1.82, 2.24) is 39.9 Å². The molecule has 0 aromatic carbocycles. The summed E-state index contributed by atoms with van der Waals surface area (Å²) in [5.41, 5.74) is 13.7. The van der Waals surface area contributed by atoms with Crippen molar-refractivity contribution in [2.24, 2.45) is 0 Å². The molecular weight excluding hydrogens is 1140 g/mol. The minimum Gasteiger partial charge on any atom is -0.323 e. The monoisotopic (exact) mass is 1230 g/mol. The van der Waals surface area contributed by atoms with Crippen LogP contribution < -0.4 is 0 Å². The smallest absolute Gasteiger partial charge is 0.171 e. The molecule has 5 rings (SSSR count). The molecule has 8 nitrogen and oxygen atoms in total. The van der Waals surface area contributed by atoms with E-state index in [4.69, 9.17) is 29.9 Å². The number of fused-ring (bicyclic) bond motifs is 8. The van der Waals surface area contributed by atoms with E-state index in [1.54, 1.807) is 0 Å². The highest BCUT2D eigenvalue weighted by atomic mass is 32.2. The maximum atomic E-state index is 5.74. The molecule has 0 aliphatic carbocycles. The van der Waals surface area contributed by atoms with E-state index in [1.807, 2.05) is 94.1 Å². The van der Waals surface area contributed by atoms with Gasteiger partial charge in [-0.05, 0) is 162 Å². The number of rotatable bonds is 32. The van der Waals surface area contributed by atoms with Gasteiger partial charge in [0.1, 0.15) is 22.6 Å². The number of hydrogen-bond acceptors (Lipinski definition) is 14. The quantitative estimate of drug-likeness (QED) is 0.0352. The van der Waals surface area contributed by atoms with Crippen molar-refractivity contribution in [3.63, 3.8) is 0 Å². The summed E-state index contributed by atoms with van der Waals surface area (Å²) in [6, 6.07) is 0. The Balaban J connectivity index is 2.04. The van der Waals surface area contributed by atoms with Gasteiger partial charge in [-0.2, -0.15) is 0 Å². The Hall–Kier alpha value is -2.96. The normalized spacial score (nSPS) is 12.1. The lowest BCUT2D eigenvalue weighted by atomic mass is 10.3. The van der Waals surface area contributed by atoms with Crippen LogP contribution in [0.3, 0.4) is 0 Å². The van der Waals surface area contributed by atoms with E-state index >= 15 is 0 Å². The molecule has 0 atom stereocenters. The van der Waals surface area contributed by atoms with E-state index in [0.717, 1.165) is 159 Å². The number of nitrogens with zero attached hydrogens (tertiary/aromatic N) is 6. The van der Waals surface area contributed by atoms with Crippen LogP contribution in [0, 0.1) is 0 Å². The summed E-state index contributed by atoms with van der Waals surface area (Å²) < 4.78 is 0. The maximum absolute atomic E-state index is 5.74. The molecule has 0 spiro atoms. The predicted molar refractivity (Wildman–Crippen MR) is 371 cm³/mol. The first-order chi connectivity index (χ1) is 38.3. The highest BCUT2D eigenvalue weighted by molar-refractivity contribution is 8.14. The molecule has 434 valence electrons. The first-order valence-corrected chi connectivity index (χ1v) is 36.1. The summed E-state index contributed by atoms with van der Waals surface area (Å²) in [6.07, 6.45) is 26.2.